The number of hydrogen-bond acceptors (Lipinski definition) is 3. The van der Waals surface area contributed by atoms with Crippen LogP contribution in [-0.4, -0.2) is 11.8 Å². The first-order valence-electron chi connectivity index (χ1n) is 7.05. The monoisotopic (exact) mass is 280 g/mol. The number of Topliss-reactive ketones (excluding diaryl/α,β-unsaturated/α-hetero) is 1. The van der Waals surface area contributed by atoms with E-state index < -0.39 is 0 Å². The Hall–Kier alpha value is -2.42. The van der Waals surface area contributed by atoms with Gasteiger partial charge in [0, 0.05) is 17.9 Å². The molecule has 0 saturated carbocycles. The van der Waals surface area contributed by atoms with Crippen molar-refractivity contribution in [1.29, 1.82) is 0 Å². The molecule has 2 aromatic rings. The second kappa shape index (κ2) is 5.52. The zero-order chi connectivity index (χ0) is 14.8. The molecule has 3 heteroatoms. The minimum Gasteiger partial charge on any atom is -0.426 e. The fourth-order valence-corrected chi connectivity index (χ4v) is 2.74. The maximum absolute atomic E-state index is 12.4. The average Bonchev–Trinajstić information content (AvgIpc) is 2.52. The predicted molar refractivity (Wildman–Crippen MR) is 79.4 cm³/mol. The number of hydrogen-bond donors (Lipinski definition) is 0. The van der Waals surface area contributed by atoms with E-state index in [4.69, 9.17) is 4.74 Å². The Morgan fingerprint density at radius 2 is 1.71 bits per heavy atom. The molecule has 0 saturated heterocycles. The van der Waals surface area contributed by atoms with Crippen LogP contribution in [0.15, 0.2) is 54.6 Å². The van der Waals surface area contributed by atoms with Gasteiger partial charge in [0.15, 0.2) is 5.78 Å². The van der Waals surface area contributed by atoms with Crippen LogP contribution in [0.5, 0.6) is 5.75 Å². The average molecular weight is 280 g/mol. The van der Waals surface area contributed by atoms with Gasteiger partial charge in [-0.2, -0.15) is 0 Å². The van der Waals surface area contributed by atoms with E-state index in [0.717, 1.165) is 5.56 Å². The summed E-state index contributed by atoms with van der Waals surface area (Å²) in [5, 5.41) is 0. The van der Waals surface area contributed by atoms with E-state index in [1.807, 2.05) is 43.3 Å². The molecule has 1 aliphatic rings. The van der Waals surface area contributed by atoms with Gasteiger partial charge in [-0.15, -0.1) is 0 Å². The molecule has 2 aromatic carbocycles. The Balaban J connectivity index is 1.90. The highest BCUT2D eigenvalue weighted by atomic mass is 16.5. The largest absolute Gasteiger partial charge is 0.426 e. The molecule has 1 heterocycles. The second-order valence-electron chi connectivity index (χ2n) is 5.35. The Labute approximate surface area is 123 Å². The fraction of sp³-hybridized carbons (Fsp3) is 0.222. The molecule has 21 heavy (non-hydrogen) atoms. The Morgan fingerprint density at radius 1 is 1.05 bits per heavy atom. The summed E-state index contributed by atoms with van der Waals surface area (Å²) in [7, 11) is 0. The van der Waals surface area contributed by atoms with Gasteiger partial charge in [-0.1, -0.05) is 55.5 Å². The highest BCUT2D eigenvalue weighted by molar-refractivity contribution is 5.97. The van der Waals surface area contributed by atoms with Gasteiger partial charge >= 0.3 is 5.97 Å². The number of fused-ring (bicyclic) bond motifs is 1. The number of esters is 1. The van der Waals surface area contributed by atoms with Crippen LogP contribution >= 0.6 is 0 Å². The molecule has 0 spiro atoms. The van der Waals surface area contributed by atoms with Gasteiger partial charge in [-0.3, -0.25) is 9.59 Å². The third-order valence-corrected chi connectivity index (χ3v) is 4.01. The normalized spacial score (nSPS) is 20.5. The summed E-state index contributed by atoms with van der Waals surface area (Å²) in [4.78, 5) is 24.4. The standard InChI is InChI=1S/C18H16O3/c1-12-15(11-16(19)13-7-3-2-4-8-13)14-9-5-6-10-17(14)21-18(12)20/h2-10,12,15H,11H2,1H3. The molecular formula is C18H16O3. The molecule has 0 radical (unpaired) electrons. The fourth-order valence-electron chi connectivity index (χ4n) is 2.74. The van der Waals surface area contributed by atoms with Gasteiger partial charge in [-0.25, -0.2) is 0 Å². The summed E-state index contributed by atoms with van der Waals surface area (Å²) >= 11 is 0. The third kappa shape index (κ3) is 2.59. The van der Waals surface area contributed by atoms with Gasteiger partial charge in [0.2, 0.25) is 0 Å². The van der Waals surface area contributed by atoms with Crippen molar-refractivity contribution in [3.63, 3.8) is 0 Å². The molecule has 0 fully saturated rings. The molecule has 0 amide bonds. The van der Waals surface area contributed by atoms with Crippen molar-refractivity contribution in [3.8, 4) is 5.75 Å². The minimum atomic E-state index is -0.312. The molecular weight excluding hydrogens is 264 g/mol. The van der Waals surface area contributed by atoms with Gasteiger partial charge in [0.1, 0.15) is 5.75 Å². The Kier molecular flexibility index (Phi) is 3.57. The van der Waals surface area contributed by atoms with Crippen LogP contribution in [0.25, 0.3) is 0 Å². The molecule has 106 valence electrons. The number of para-hydroxylation sites is 1. The number of ketones is 1. The number of carbonyl (C=O) groups is 2. The highest BCUT2D eigenvalue weighted by Gasteiger charge is 2.35. The SMILES string of the molecule is CC1C(=O)Oc2ccccc2C1CC(=O)c1ccccc1. The van der Waals surface area contributed by atoms with E-state index in [1.54, 1.807) is 18.2 Å². The maximum atomic E-state index is 12.4. The lowest BCUT2D eigenvalue weighted by Gasteiger charge is -2.29. The number of benzene rings is 2. The number of ether oxygens (including phenoxy) is 1. The summed E-state index contributed by atoms with van der Waals surface area (Å²) < 4.78 is 5.31. The third-order valence-electron chi connectivity index (χ3n) is 4.01. The Morgan fingerprint density at radius 3 is 2.48 bits per heavy atom. The molecule has 2 unspecified atom stereocenters. The molecule has 0 N–H and O–H groups in total. The van der Waals surface area contributed by atoms with E-state index in [9.17, 15) is 9.59 Å². The van der Waals surface area contributed by atoms with Crippen molar-refractivity contribution in [2.75, 3.05) is 0 Å². The molecule has 3 rings (SSSR count). The van der Waals surface area contributed by atoms with Gasteiger partial charge in [-0.05, 0) is 11.6 Å². The van der Waals surface area contributed by atoms with Crippen molar-refractivity contribution in [2.24, 2.45) is 5.92 Å². The van der Waals surface area contributed by atoms with E-state index in [0.29, 0.717) is 17.7 Å². The molecule has 3 nitrogen and oxygen atoms in total. The van der Waals surface area contributed by atoms with Crippen molar-refractivity contribution in [2.45, 2.75) is 19.3 Å². The van der Waals surface area contributed by atoms with E-state index in [-0.39, 0.29) is 23.6 Å². The second-order valence-corrected chi connectivity index (χ2v) is 5.35. The lowest BCUT2D eigenvalue weighted by molar-refractivity contribution is -0.140. The quantitative estimate of drug-likeness (QED) is 0.490. The van der Waals surface area contributed by atoms with Crippen LogP contribution in [0.4, 0.5) is 0 Å². The van der Waals surface area contributed by atoms with Crippen molar-refractivity contribution in [3.05, 3.63) is 65.7 Å². The Bertz CT molecular complexity index is 676. The number of carbonyl (C=O) groups excluding carboxylic acids is 2. The van der Waals surface area contributed by atoms with Crippen LogP contribution in [0.1, 0.15) is 35.2 Å². The van der Waals surface area contributed by atoms with Crippen LogP contribution in [-0.2, 0) is 4.79 Å². The van der Waals surface area contributed by atoms with Crippen molar-refractivity contribution >= 4 is 11.8 Å². The molecule has 2 atom stereocenters. The molecule has 0 aliphatic carbocycles. The molecule has 1 aliphatic heterocycles. The lowest BCUT2D eigenvalue weighted by Crippen LogP contribution is -2.30. The first-order chi connectivity index (χ1) is 10.2. The van der Waals surface area contributed by atoms with Crippen LogP contribution < -0.4 is 4.74 Å². The highest BCUT2D eigenvalue weighted by Crippen LogP contribution is 2.40. The number of rotatable bonds is 3. The summed E-state index contributed by atoms with van der Waals surface area (Å²) in [5.41, 5.74) is 1.62. The van der Waals surface area contributed by atoms with E-state index in [2.05, 4.69) is 0 Å². The molecule has 0 aromatic heterocycles. The zero-order valence-electron chi connectivity index (χ0n) is 11.8. The van der Waals surface area contributed by atoms with Crippen LogP contribution in [0, 0.1) is 5.92 Å². The first kappa shape index (κ1) is 13.6. The van der Waals surface area contributed by atoms with Crippen molar-refractivity contribution < 1.29 is 14.3 Å². The van der Waals surface area contributed by atoms with Crippen molar-refractivity contribution in [1.82, 2.24) is 0 Å². The van der Waals surface area contributed by atoms with E-state index >= 15 is 0 Å². The first-order valence-corrected chi connectivity index (χ1v) is 7.05. The maximum Gasteiger partial charge on any atom is 0.314 e. The van der Waals surface area contributed by atoms with E-state index in [1.165, 1.54) is 0 Å². The van der Waals surface area contributed by atoms with Crippen LogP contribution in [0.3, 0.4) is 0 Å². The predicted octanol–water partition coefficient (Wildman–Crippen LogP) is 3.60. The summed E-state index contributed by atoms with van der Waals surface area (Å²) in [5.74, 6) is -0.0781. The van der Waals surface area contributed by atoms with Gasteiger partial charge in [0.05, 0.1) is 5.92 Å². The minimum absolute atomic E-state index is 0.0527. The van der Waals surface area contributed by atoms with Gasteiger partial charge in [0.25, 0.3) is 0 Å². The topological polar surface area (TPSA) is 43.4 Å². The smallest absolute Gasteiger partial charge is 0.314 e. The summed E-state index contributed by atoms with van der Waals surface area (Å²) in [6.45, 7) is 1.82. The van der Waals surface area contributed by atoms with Crippen LogP contribution in [0.2, 0.25) is 0 Å². The summed E-state index contributed by atoms with van der Waals surface area (Å²) in [6.07, 6.45) is 0.317. The molecule has 0 bridgehead atoms. The lowest BCUT2D eigenvalue weighted by atomic mass is 9.80. The zero-order valence-corrected chi connectivity index (χ0v) is 11.8. The summed E-state index contributed by atoms with van der Waals surface area (Å²) in [6, 6.07) is 16.6. The van der Waals surface area contributed by atoms with Gasteiger partial charge < -0.3 is 4.74 Å².